The maximum absolute atomic E-state index is 12.5. The first-order valence-electron chi connectivity index (χ1n) is 18.1. The van der Waals surface area contributed by atoms with Gasteiger partial charge in [-0.1, -0.05) is 39.8 Å². The Morgan fingerprint density at radius 3 is 1.83 bits per heavy atom. The minimum Gasteiger partial charge on any atom is -0.345 e. The van der Waals surface area contributed by atoms with Gasteiger partial charge in [-0.05, 0) is 87.9 Å². The second-order valence-electron chi connectivity index (χ2n) is 16.4. The Morgan fingerprint density at radius 1 is 0.717 bits per heavy atom. The predicted octanol–water partition coefficient (Wildman–Crippen LogP) is 6.19. The summed E-state index contributed by atoms with van der Waals surface area (Å²) < 4.78 is 27.2. The molecule has 11 heteroatoms. The van der Waals surface area contributed by atoms with E-state index in [4.69, 9.17) is 43.3 Å². The SMILES string of the molecule is CCC(=O)O/N=C(/C[C@H]1O[C@@H]2O[C@]3(C)CC[C@H]4[C@H](C)CC[C@@H]([C@H]1C)C24OO3)[C@H]1O[C@@H]2O[C@]3(C)CC[C@H]4[C@H](C)CC[C@@H]([C@H]1C)C24OO3. The first-order chi connectivity index (χ1) is 21.9. The summed E-state index contributed by atoms with van der Waals surface area (Å²) in [6.07, 6.45) is 6.40. The third-order valence-electron chi connectivity index (χ3n) is 13.7. The van der Waals surface area contributed by atoms with Gasteiger partial charge >= 0.3 is 5.97 Å². The van der Waals surface area contributed by atoms with Gasteiger partial charge in [0.05, 0.1) is 11.8 Å². The van der Waals surface area contributed by atoms with Crippen LogP contribution < -0.4 is 0 Å². The van der Waals surface area contributed by atoms with Gasteiger partial charge in [-0.3, -0.25) is 0 Å². The Bertz CT molecular complexity index is 1250. The Morgan fingerprint density at radius 2 is 1.26 bits per heavy atom. The first kappa shape index (κ1) is 32.0. The van der Waals surface area contributed by atoms with Gasteiger partial charge in [-0.15, -0.1) is 0 Å². The molecule has 0 N–H and O–H groups in total. The fourth-order valence-corrected chi connectivity index (χ4v) is 11.1. The van der Waals surface area contributed by atoms with Crippen molar-refractivity contribution in [3.05, 3.63) is 0 Å². The van der Waals surface area contributed by atoms with E-state index in [1.165, 1.54) is 0 Å². The molecule has 10 fully saturated rings. The number of fused-ring (bicyclic) bond motifs is 4. The van der Waals surface area contributed by atoms with Crippen LogP contribution in [0.25, 0.3) is 0 Å². The second-order valence-corrected chi connectivity index (χ2v) is 16.4. The summed E-state index contributed by atoms with van der Waals surface area (Å²) in [6, 6.07) is 0. The van der Waals surface area contributed by atoms with Crippen LogP contribution in [-0.4, -0.2) is 59.2 Å². The van der Waals surface area contributed by atoms with Crippen molar-refractivity contribution in [3.63, 3.8) is 0 Å². The molecule has 8 heterocycles. The molecule has 0 amide bonds. The Labute approximate surface area is 272 Å². The molecule has 0 radical (unpaired) electrons. The first-order valence-corrected chi connectivity index (χ1v) is 18.1. The Hall–Kier alpha value is -1.18. The van der Waals surface area contributed by atoms with Crippen molar-refractivity contribution in [2.75, 3.05) is 0 Å². The van der Waals surface area contributed by atoms with Crippen molar-refractivity contribution in [2.24, 2.45) is 52.5 Å². The summed E-state index contributed by atoms with van der Waals surface area (Å²) in [7, 11) is 0. The van der Waals surface area contributed by atoms with E-state index < -0.39 is 41.5 Å². The molecule has 16 atom stereocenters. The normalized spacial score (nSPS) is 55.9. The molecule has 0 aromatic carbocycles. The Kier molecular flexibility index (Phi) is 7.78. The van der Waals surface area contributed by atoms with Crippen LogP contribution in [0.3, 0.4) is 0 Å². The molecular weight excluding hydrogens is 594 g/mol. The highest BCUT2D eigenvalue weighted by atomic mass is 17.3. The van der Waals surface area contributed by atoms with E-state index in [1.807, 2.05) is 13.8 Å². The van der Waals surface area contributed by atoms with Crippen molar-refractivity contribution >= 4 is 11.7 Å². The van der Waals surface area contributed by atoms with Crippen molar-refractivity contribution in [1.82, 2.24) is 0 Å². The predicted molar refractivity (Wildman–Crippen MR) is 162 cm³/mol. The summed E-state index contributed by atoms with van der Waals surface area (Å²) in [5, 5.41) is 4.57. The molecule has 46 heavy (non-hydrogen) atoms. The summed E-state index contributed by atoms with van der Waals surface area (Å²) in [5.41, 5.74) is -0.682. The highest BCUT2D eigenvalue weighted by molar-refractivity contribution is 5.90. The quantitative estimate of drug-likeness (QED) is 0.148. The zero-order chi connectivity index (χ0) is 32.2. The molecule has 2 spiro atoms. The molecule has 2 unspecified atom stereocenters. The van der Waals surface area contributed by atoms with Gasteiger partial charge in [-0.25, -0.2) is 24.3 Å². The number of carbonyl (C=O) groups excluding carboxylic acids is 1. The van der Waals surface area contributed by atoms with Gasteiger partial charge in [0, 0.05) is 37.5 Å². The molecule has 10 aliphatic rings. The zero-order valence-electron chi connectivity index (χ0n) is 28.5. The average molecular weight is 648 g/mol. The van der Waals surface area contributed by atoms with Crippen molar-refractivity contribution in [1.29, 1.82) is 0 Å². The average Bonchev–Trinajstić information content (AvgIpc) is 3.41. The number of rotatable bonds is 5. The molecular formula is C35H53NO10. The fourth-order valence-electron chi connectivity index (χ4n) is 11.1. The van der Waals surface area contributed by atoms with Crippen LogP contribution in [0.2, 0.25) is 0 Å². The van der Waals surface area contributed by atoms with Crippen LogP contribution >= 0.6 is 0 Å². The molecule has 11 nitrogen and oxygen atoms in total. The lowest BCUT2D eigenvalue weighted by molar-refractivity contribution is -0.571. The number of hydrogen-bond donors (Lipinski definition) is 0. The minimum absolute atomic E-state index is 0.00548. The van der Waals surface area contributed by atoms with Crippen LogP contribution in [0.5, 0.6) is 0 Å². The third kappa shape index (κ3) is 4.58. The number of ether oxygens (including phenoxy) is 4. The van der Waals surface area contributed by atoms with E-state index >= 15 is 0 Å². The van der Waals surface area contributed by atoms with Crippen LogP contribution in [0, 0.1) is 47.3 Å². The van der Waals surface area contributed by atoms with E-state index in [0.29, 0.717) is 24.0 Å². The highest BCUT2D eigenvalue weighted by Gasteiger charge is 2.71. The van der Waals surface area contributed by atoms with Gasteiger partial charge < -0.3 is 23.8 Å². The Balaban J connectivity index is 1.13. The number of hydrogen-bond acceptors (Lipinski definition) is 11. The molecule has 0 aromatic heterocycles. The largest absolute Gasteiger partial charge is 0.345 e. The molecule has 2 aliphatic carbocycles. The second kappa shape index (κ2) is 11.2. The summed E-state index contributed by atoms with van der Waals surface area (Å²) in [4.78, 5) is 42.8. The molecule has 0 aromatic rings. The summed E-state index contributed by atoms with van der Waals surface area (Å²) >= 11 is 0. The van der Waals surface area contributed by atoms with Gasteiger partial charge in [0.2, 0.25) is 11.6 Å². The van der Waals surface area contributed by atoms with Crippen LogP contribution in [0.1, 0.15) is 113 Å². The molecule has 10 rings (SSSR count). The van der Waals surface area contributed by atoms with E-state index in [-0.39, 0.29) is 54.0 Å². The van der Waals surface area contributed by atoms with Crippen molar-refractivity contribution < 1.29 is 48.1 Å². The smallest absolute Gasteiger partial charge is 0.334 e. The van der Waals surface area contributed by atoms with Crippen LogP contribution in [0.15, 0.2) is 5.16 Å². The minimum atomic E-state index is -0.882. The van der Waals surface area contributed by atoms with Gasteiger partial charge in [0.25, 0.3) is 0 Å². The third-order valence-corrected chi connectivity index (χ3v) is 13.7. The maximum atomic E-state index is 12.5. The van der Waals surface area contributed by atoms with Gasteiger partial charge in [0.1, 0.15) is 6.10 Å². The molecule has 2 saturated carbocycles. The van der Waals surface area contributed by atoms with Crippen LogP contribution in [-0.2, 0) is 48.1 Å². The lowest BCUT2D eigenvalue weighted by Crippen LogP contribution is -2.71. The topological polar surface area (TPSA) is 113 Å². The van der Waals surface area contributed by atoms with Gasteiger partial charge in [0.15, 0.2) is 23.8 Å². The number of carbonyl (C=O) groups is 1. The standard InChI is InChI=1S/C35H53NO10/c1-8-28(37)42-36-26(29-21(5)25-12-10-19(3)23-14-16-33(7)41-31(39-29)35(23,25)46-44-33)17-27-20(4)24-11-9-18(2)22-13-15-32(6)40-30(38-27)34(22,24)45-43-32/h18-25,27,29-31H,8-17H2,1-7H3/b36-26-/t18-,19-,20-,21-,22+,23+,24+,25+,27-,29+,30-,31-,32+,33+,34?,35?/m1/s1. The van der Waals surface area contributed by atoms with Crippen LogP contribution in [0.4, 0.5) is 0 Å². The molecule has 8 aliphatic heterocycles. The van der Waals surface area contributed by atoms with Gasteiger partial charge in [-0.2, -0.15) is 0 Å². The fraction of sp³-hybridized carbons (Fsp3) is 0.943. The van der Waals surface area contributed by atoms with E-state index in [1.54, 1.807) is 6.92 Å². The van der Waals surface area contributed by atoms with E-state index in [9.17, 15) is 4.79 Å². The van der Waals surface area contributed by atoms with Crippen molar-refractivity contribution in [2.45, 2.75) is 160 Å². The highest BCUT2D eigenvalue weighted by Crippen LogP contribution is 2.63. The lowest BCUT2D eigenvalue weighted by atomic mass is 9.56. The summed E-state index contributed by atoms with van der Waals surface area (Å²) in [5.74, 6) is -0.217. The maximum Gasteiger partial charge on any atom is 0.334 e. The van der Waals surface area contributed by atoms with Crippen molar-refractivity contribution in [3.8, 4) is 0 Å². The monoisotopic (exact) mass is 647 g/mol. The molecule has 4 bridgehead atoms. The lowest BCUT2D eigenvalue weighted by Gasteiger charge is -2.61. The van der Waals surface area contributed by atoms with E-state index in [2.05, 4.69) is 32.9 Å². The zero-order valence-corrected chi connectivity index (χ0v) is 28.5. The number of nitrogens with zero attached hydrogens (tertiary/aromatic N) is 1. The van der Waals surface area contributed by atoms with E-state index in [0.717, 1.165) is 51.4 Å². The molecule has 258 valence electrons. The summed E-state index contributed by atoms with van der Waals surface area (Å²) in [6.45, 7) is 14.7. The molecule has 8 saturated heterocycles. The number of oxime groups is 1.